The molecule has 1 aromatic rings. The Balaban J connectivity index is 2.15. The molecule has 0 radical (unpaired) electrons. The average Bonchev–Trinajstić information content (AvgIpc) is 2.59. The van der Waals surface area contributed by atoms with Crippen molar-refractivity contribution in [2.45, 2.75) is 20.3 Å². The highest BCUT2D eigenvalue weighted by molar-refractivity contribution is 7.11. The number of nitrogens with zero attached hydrogens (tertiary/aromatic N) is 1. The van der Waals surface area contributed by atoms with Gasteiger partial charge in [0.15, 0.2) is 0 Å². The first kappa shape index (κ1) is 12.6. The topological polar surface area (TPSA) is 34.1 Å². The molecule has 0 saturated heterocycles. The van der Waals surface area contributed by atoms with Crippen LogP contribution in [0.15, 0.2) is 6.20 Å². The normalized spacial score (nSPS) is 13.0. The van der Waals surface area contributed by atoms with Crippen molar-refractivity contribution in [3.05, 3.63) is 16.1 Å². The molecule has 1 aromatic heterocycles. The Kier molecular flexibility index (Phi) is 5.83. The number of methoxy groups -OCH3 is 1. The summed E-state index contributed by atoms with van der Waals surface area (Å²) in [5, 5.41) is 4.53. The molecule has 0 aromatic carbocycles. The van der Waals surface area contributed by atoms with Crippen molar-refractivity contribution in [3.8, 4) is 0 Å². The van der Waals surface area contributed by atoms with Gasteiger partial charge in [0.25, 0.3) is 0 Å². The number of ether oxygens (including phenoxy) is 1. The van der Waals surface area contributed by atoms with Crippen molar-refractivity contribution in [2.75, 3.05) is 26.8 Å². The summed E-state index contributed by atoms with van der Waals surface area (Å²) in [5.74, 6) is 0.654. The lowest BCUT2D eigenvalue weighted by Gasteiger charge is -2.10. The third kappa shape index (κ3) is 5.25. The van der Waals surface area contributed by atoms with Crippen LogP contribution >= 0.6 is 11.3 Å². The molecule has 1 rings (SSSR count). The van der Waals surface area contributed by atoms with Gasteiger partial charge in [-0.2, -0.15) is 0 Å². The molecule has 0 aliphatic carbocycles. The fourth-order valence-electron chi connectivity index (χ4n) is 1.44. The second kappa shape index (κ2) is 6.93. The maximum atomic E-state index is 4.97. The van der Waals surface area contributed by atoms with E-state index in [4.69, 9.17) is 4.74 Å². The van der Waals surface area contributed by atoms with E-state index in [0.29, 0.717) is 5.92 Å². The Hall–Kier alpha value is -0.450. The van der Waals surface area contributed by atoms with Crippen LogP contribution < -0.4 is 5.32 Å². The third-order valence-corrected chi connectivity index (χ3v) is 3.13. The van der Waals surface area contributed by atoms with Gasteiger partial charge in [-0.3, -0.25) is 0 Å². The minimum atomic E-state index is 0.654. The highest BCUT2D eigenvalue weighted by atomic mass is 32.1. The van der Waals surface area contributed by atoms with Crippen molar-refractivity contribution in [2.24, 2.45) is 5.92 Å². The van der Waals surface area contributed by atoms with E-state index >= 15 is 0 Å². The quantitative estimate of drug-likeness (QED) is 0.723. The van der Waals surface area contributed by atoms with E-state index in [1.807, 2.05) is 6.20 Å². The number of thiazole rings is 1. The zero-order valence-electron chi connectivity index (χ0n) is 9.75. The molecule has 0 fully saturated rings. The Morgan fingerprint density at radius 3 is 3.00 bits per heavy atom. The standard InChI is InChI=1S/C11H20N2OS/c1-9(7-12-4-5-14-3)6-11-8-13-10(2)15-11/h8-9,12H,4-7H2,1-3H3. The highest BCUT2D eigenvalue weighted by Gasteiger charge is 2.05. The molecule has 1 heterocycles. The van der Waals surface area contributed by atoms with Gasteiger partial charge in [-0.15, -0.1) is 11.3 Å². The van der Waals surface area contributed by atoms with Gasteiger partial charge in [-0.1, -0.05) is 6.92 Å². The van der Waals surface area contributed by atoms with Gasteiger partial charge >= 0.3 is 0 Å². The van der Waals surface area contributed by atoms with Crippen LogP contribution in [0.1, 0.15) is 16.8 Å². The number of hydrogen-bond donors (Lipinski definition) is 1. The van der Waals surface area contributed by atoms with Gasteiger partial charge in [-0.25, -0.2) is 4.98 Å². The maximum Gasteiger partial charge on any atom is 0.0896 e. The van der Waals surface area contributed by atoms with Crippen LogP contribution in [-0.2, 0) is 11.2 Å². The molecule has 0 bridgehead atoms. The summed E-state index contributed by atoms with van der Waals surface area (Å²) in [6.45, 7) is 7.07. The van der Waals surface area contributed by atoms with Crippen molar-refractivity contribution in [1.82, 2.24) is 10.3 Å². The Labute approximate surface area is 95.9 Å². The lowest BCUT2D eigenvalue weighted by molar-refractivity contribution is 0.198. The first-order valence-electron chi connectivity index (χ1n) is 5.33. The molecule has 0 aliphatic heterocycles. The van der Waals surface area contributed by atoms with Gasteiger partial charge in [0.2, 0.25) is 0 Å². The van der Waals surface area contributed by atoms with Crippen LogP contribution in [-0.4, -0.2) is 31.8 Å². The van der Waals surface area contributed by atoms with Crippen LogP contribution in [0.4, 0.5) is 0 Å². The summed E-state index contributed by atoms with van der Waals surface area (Å²) in [4.78, 5) is 5.64. The smallest absolute Gasteiger partial charge is 0.0896 e. The predicted octanol–water partition coefficient (Wildman–Crippen LogP) is 1.87. The molecular weight excluding hydrogens is 208 g/mol. The van der Waals surface area contributed by atoms with Crippen molar-refractivity contribution in [1.29, 1.82) is 0 Å². The summed E-state index contributed by atoms with van der Waals surface area (Å²) in [6, 6.07) is 0. The van der Waals surface area contributed by atoms with Crippen molar-refractivity contribution in [3.63, 3.8) is 0 Å². The molecule has 4 heteroatoms. The lowest BCUT2D eigenvalue weighted by Crippen LogP contribution is -2.25. The summed E-state index contributed by atoms with van der Waals surface area (Å²) < 4.78 is 4.97. The van der Waals surface area contributed by atoms with Gasteiger partial charge in [0.05, 0.1) is 11.6 Å². The van der Waals surface area contributed by atoms with E-state index in [1.54, 1.807) is 18.4 Å². The highest BCUT2D eigenvalue weighted by Crippen LogP contribution is 2.15. The Bertz CT molecular complexity index is 275. The van der Waals surface area contributed by atoms with Crippen LogP contribution in [0.2, 0.25) is 0 Å². The zero-order valence-corrected chi connectivity index (χ0v) is 10.6. The van der Waals surface area contributed by atoms with Gasteiger partial charge in [-0.05, 0) is 25.8 Å². The summed E-state index contributed by atoms with van der Waals surface area (Å²) in [5.41, 5.74) is 0. The van der Waals surface area contributed by atoms with E-state index in [1.165, 1.54) is 4.88 Å². The molecule has 0 saturated carbocycles. The minimum Gasteiger partial charge on any atom is -0.383 e. The number of aromatic nitrogens is 1. The molecule has 15 heavy (non-hydrogen) atoms. The number of aryl methyl sites for hydroxylation is 1. The molecule has 1 atom stereocenters. The SMILES string of the molecule is COCCNCC(C)Cc1cnc(C)s1. The van der Waals surface area contributed by atoms with Crippen LogP contribution in [0.3, 0.4) is 0 Å². The summed E-state index contributed by atoms with van der Waals surface area (Å²) in [7, 11) is 1.73. The summed E-state index contributed by atoms with van der Waals surface area (Å²) in [6.07, 6.45) is 3.11. The minimum absolute atomic E-state index is 0.654. The molecule has 86 valence electrons. The van der Waals surface area contributed by atoms with Gasteiger partial charge < -0.3 is 10.1 Å². The average molecular weight is 228 g/mol. The third-order valence-electron chi connectivity index (χ3n) is 2.19. The molecular formula is C11H20N2OS. The number of nitrogens with one attached hydrogen (secondary N) is 1. The van der Waals surface area contributed by atoms with Crippen molar-refractivity contribution < 1.29 is 4.74 Å². The monoisotopic (exact) mass is 228 g/mol. The zero-order chi connectivity index (χ0) is 11.1. The first-order chi connectivity index (χ1) is 7.22. The van der Waals surface area contributed by atoms with E-state index in [2.05, 4.69) is 24.1 Å². The molecule has 0 amide bonds. The number of hydrogen-bond acceptors (Lipinski definition) is 4. The summed E-state index contributed by atoms with van der Waals surface area (Å²) >= 11 is 1.80. The van der Waals surface area contributed by atoms with E-state index in [-0.39, 0.29) is 0 Å². The molecule has 3 nitrogen and oxygen atoms in total. The second-order valence-electron chi connectivity index (χ2n) is 3.85. The number of rotatable bonds is 7. The fourth-order valence-corrected chi connectivity index (χ4v) is 2.40. The van der Waals surface area contributed by atoms with E-state index in [0.717, 1.165) is 31.1 Å². The molecule has 1 N–H and O–H groups in total. The van der Waals surface area contributed by atoms with Crippen LogP contribution in [0.25, 0.3) is 0 Å². The second-order valence-corrected chi connectivity index (χ2v) is 5.17. The lowest BCUT2D eigenvalue weighted by atomic mass is 10.1. The van der Waals surface area contributed by atoms with Gasteiger partial charge in [0.1, 0.15) is 0 Å². The molecule has 0 aliphatic rings. The first-order valence-corrected chi connectivity index (χ1v) is 6.15. The Morgan fingerprint density at radius 1 is 1.60 bits per heavy atom. The maximum absolute atomic E-state index is 4.97. The molecule has 0 spiro atoms. The Morgan fingerprint density at radius 2 is 2.40 bits per heavy atom. The van der Waals surface area contributed by atoms with Gasteiger partial charge in [0, 0.05) is 24.7 Å². The van der Waals surface area contributed by atoms with E-state index in [9.17, 15) is 0 Å². The predicted molar refractivity (Wildman–Crippen MR) is 64.5 cm³/mol. The largest absolute Gasteiger partial charge is 0.383 e. The fraction of sp³-hybridized carbons (Fsp3) is 0.727. The van der Waals surface area contributed by atoms with E-state index < -0.39 is 0 Å². The van der Waals surface area contributed by atoms with Crippen molar-refractivity contribution >= 4 is 11.3 Å². The van der Waals surface area contributed by atoms with Crippen LogP contribution in [0, 0.1) is 12.8 Å². The molecule has 1 unspecified atom stereocenters. The van der Waals surface area contributed by atoms with Crippen LogP contribution in [0.5, 0.6) is 0 Å².